The average molecular weight is 1160 g/mol. The summed E-state index contributed by atoms with van der Waals surface area (Å²) in [5.41, 5.74) is 0. The van der Waals surface area contributed by atoms with Crippen molar-refractivity contribution in [1.29, 1.82) is 0 Å². The Labute approximate surface area is 502 Å². The number of rotatable bonds is 63. The van der Waals surface area contributed by atoms with Crippen LogP contribution in [-0.4, -0.2) is 74.3 Å². The van der Waals surface area contributed by atoms with Crippen LogP contribution in [0.15, 0.2) is 60.8 Å². The zero-order valence-electron chi connectivity index (χ0n) is 54.3. The van der Waals surface area contributed by atoms with Crippen molar-refractivity contribution in [3.63, 3.8) is 0 Å². The van der Waals surface area contributed by atoms with Gasteiger partial charge >= 0.3 is 13.8 Å². The van der Waals surface area contributed by atoms with Crippen molar-refractivity contribution < 1.29 is 37.3 Å². The second-order valence-corrected chi connectivity index (χ2v) is 26.1. The van der Waals surface area contributed by atoms with Gasteiger partial charge in [0, 0.05) is 12.8 Å². The maximum atomic E-state index is 13.6. The number of likely N-dealkylation sites (N-methyl/N-ethyl adjacent to an activating group) is 1. The molecular formula is C71H134N2O7P+. The number of quaternary nitrogens is 1. The number of amides is 1. The van der Waals surface area contributed by atoms with Gasteiger partial charge in [0.05, 0.1) is 33.8 Å². The first-order valence-electron chi connectivity index (χ1n) is 34.6. The van der Waals surface area contributed by atoms with E-state index >= 15 is 0 Å². The molecule has 0 saturated heterocycles. The van der Waals surface area contributed by atoms with Gasteiger partial charge in [0.1, 0.15) is 19.3 Å². The van der Waals surface area contributed by atoms with E-state index in [1.54, 1.807) is 0 Å². The van der Waals surface area contributed by atoms with E-state index < -0.39 is 20.0 Å². The lowest BCUT2D eigenvalue weighted by atomic mass is 10.0. The molecule has 1 amide bonds. The molecule has 0 aromatic carbocycles. The number of nitrogens with zero attached hydrogens (tertiary/aromatic N) is 1. The highest BCUT2D eigenvalue weighted by Crippen LogP contribution is 2.43. The van der Waals surface area contributed by atoms with Crippen molar-refractivity contribution in [3.8, 4) is 0 Å². The molecule has 0 aromatic rings. The van der Waals surface area contributed by atoms with E-state index in [1.807, 2.05) is 33.3 Å². The van der Waals surface area contributed by atoms with E-state index in [9.17, 15) is 19.0 Å². The molecule has 9 nitrogen and oxygen atoms in total. The van der Waals surface area contributed by atoms with Gasteiger partial charge in [0.15, 0.2) is 0 Å². The number of carbonyl (C=O) groups is 2. The topological polar surface area (TPSA) is 111 Å². The van der Waals surface area contributed by atoms with E-state index in [4.69, 9.17) is 13.8 Å². The first-order chi connectivity index (χ1) is 39.4. The Bertz CT molecular complexity index is 1570. The van der Waals surface area contributed by atoms with Crippen LogP contribution in [0.4, 0.5) is 0 Å². The predicted molar refractivity (Wildman–Crippen MR) is 351 cm³/mol. The number of unbranched alkanes of at least 4 members (excludes halogenated alkanes) is 39. The third-order valence-electron chi connectivity index (χ3n) is 15.4. The fraction of sp³-hybridized carbons (Fsp3) is 0.831. The van der Waals surface area contributed by atoms with Gasteiger partial charge in [-0.15, -0.1) is 0 Å². The van der Waals surface area contributed by atoms with E-state index in [0.29, 0.717) is 17.4 Å². The predicted octanol–water partition coefficient (Wildman–Crippen LogP) is 21.8. The summed E-state index contributed by atoms with van der Waals surface area (Å²) in [7, 11) is 1.50. The first-order valence-corrected chi connectivity index (χ1v) is 36.1. The lowest BCUT2D eigenvalue weighted by Gasteiger charge is -2.27. The van der Waals surface area contributed by atoms with E-state index in [2.05, 4.69) is 74.7 Å². The van der Waals surface area contributed by atoms with Crippen molar-refractivity contribution in [3.05, 3.63) is 60.8 Å². The lowest BCUT2D eigenvalue weighted by Crippen LogP contribution is -2.47. The smallest absolute Gasteiger partial charge is 0.456 e. The number of carbonyl (C=O) groups excluding carboxylic acids is 2. The molecule has 474 valence electrons. The Morgan fingerprint density at radius 2 is 0.753 bits per heavy atom. The zero-order chi connectivity index (χ0) is 59.3. The fourth-order valence-electron chi connectivity index (χ4n) is 10.1. The SMILES string of the molecule is CCCCC/C=C\C/C=C\C/C=C\CCCCCCCCCCCCCCCCC(=O)OC(/C=C\CCCCCCCCCCCC)C(COP(=O)(O)OCC[N+](C)(C)C)NC(=O)CCCCCCC/C=C/CCCCCCCCC. The van der Waals surface area contributed by atoms with E-state index in [0.717, 1.165) is 89.9 Å². The van der Waals surface area contributed by atoms with Crippen molar-refractivity contribution in [2.75, 3.05) is 40.9 Å². The number of ether oxygens (including phenoxy) is 1. The van der Waals surface area contributed by atoms with Crippen molar-refractivity contribution in [2.24, 2.45) is 0 Å². The highest BCUT2D eigenvalue weighted by atomic mass is 31.2. The second-order valence-electron chi connectivity index (χ2n) is 24.7. The highest BCUT2D eigenvalue weighted by Gasteiger charge is 2.30. The summed E-state index contributed by atoms with van der Waals surface area (Å²) < 4.78 is 30.8. The van der Waals surface area contributed by atoms with Gasteiger partial charge in [-0.25, -0.2) is 4.57 Å². The summed E-state index contributed by atoms with van der Waals surface area (Å²) >= 11 is 0. The molecule has 0 saturated carbocycles. The Balaban J connectivity index is 5.03. The van der Waals surface area contributed by atoms with E-state index in [1.165, 1.54) is 205 Å². The van der Waals surface area contributed by atoms with Crippen LogP contribution in [0.5, 0.6) is 0 Å². The summed E-state index contributed by atoms with van der Waals surface area (Å²) in [6, 6.07) is -0.853. The van der Waals surface area contributed by atoms with Crippen molar-refractivity contribution in [1.82, 2.24) is 5.32 Å². The molecule has 3 unspecified atom stereocenters. The largest absolute Gasteiger partial charge is 0.472 e. The normalized spacial score (nSPS) is 13.9. The summed E-state index contributed by atoms with van der Waals surface area (Å²) in [5, 5.41) is 3.06. The molecule has 0 aromatic heterocycles. The molecule has 0 aliphatic carbocycles. The molecule has 0 rings (SSSR count). The number of esters is 1. The van der Waals surface area contributed by atoms with Crippen LogP contribution in [0.2, 0.25) is 0 Å². The molecule has 0 fully saturated rings. The maximum absolute atomic E-state index is 13.6. The van der Waals surface area contributed by atoms with Gasteiger partial charge in [-0.2, -0.15) is 0 Å². The number of nitrogens with one attached hydrogen (secondary N) is 1. The zero-order valence-corrected chi connectivity index (χ0v) is 55.2. The number of hydrogen-bond donors (Lipinski definition) is 2. The average Bonchev–Trinajstić information content (AvgIpc) is 3.44. The molecule has 2 N–H and O–H groups in total. The lowest BCUT2D eigenvalue weighted by molar-refractivity contribution is -0.870. The second kappa shape index (κ2) is 60.8. The molecule has 0 heterocycles. The summed E-state index contributed by atoms with van der Waals surface area (Å²) in [4.78, 5) is 37.8. The first kappa shape index (κ1) is 78.7. The van der Waals surface area contributed by atoms with Gasteiger partial charge in [0.2, 0.25) is 5.91 Å². The third-order valence-corrected chi connectivity index (χ3v) is 16.4. The molecule has 81 heavy (non-hydrogen) atoms. The standard InChI is InChI=1S/C71H133N2O7P/c1-7-10-13-16-19-22-25-28-30-32-33-34-35-36-37-38-39-40-41-42-44-46-49-52-55-58-61-64-71(75)80-69(62-59-56-53-50-47-27-24-21-18-15-12-9-3)68(67-79-81(76,77)78-66-65-73(4,5)6)72-70(74)63-60-57-54-51-48-45-43-31-29-26-23-20-17-14-11-8-2/h19,22,28,30-31,33-34,43,59,62,68-69H,7-18,20-21,23-27,29,32,35-42,44-58,60-61,63-67H2,1-6H3,(H-,72,74,76,77)/p+1/b22-19-,30-28-,34-33-,43-31+,62-59-. The molecular weight excluding hydrogens is 1020 g/mol. The van der Waals surface area contributed by atoms with Crippen LogP contribution >= 0.6 is 7.82 Å². The number of hydrogen-bond acceptors (Lipinski definition) is 6. The van der Waals surface area contributed by atoms with Crippen LogP contribution in [0.1, 0.15) is 329 Å². The molecule has 0 aliphatic heterocycles. The minimum atomic E-state index is -4.45. The van der Waals surface area contributed by atoms with Crippen LogP contribution < -0.4 is 5.32 Å². The maximum Gasteiger partial charge on any atom is 0.472 e. The monoisotopic (exact) mass is 1160 g/mol. The van der Waals surface area contributed by atoms with Crippen LogP contribution in [0.3, 0.4) is 0 Å². The molecule has 0 radical (unpaired) electrons. The van der Waals surface area contributed by atoms with Crippen LogP contribution in [0, 0.1) is 0 Å². The Kier molecular flexibility index (Phi) is 59.1. The third kappa shape index (κ3) is 62.1. The van der Waals surface area contributed by atoms with Crippen LogP contribution in [-0.2, 0) is 27.9 Å². The Hall–Kier alpha value is -2.29. The summed E-state index contributed by atoms with van der Waals surface area (Å²) in [6.45, 7) is 7.01. The number of phosphoric ester groups is 1. The van der Waals surface area contributed by atoms with Crippen molar-refractivity contribution in [2.45, 2.75) is 341 Å². The minimum Gasteiger partial charge on any atom is -0.456 e. The van der Waals surface area contributed by atoms with Crippen molar-refractivity contribution >= 4 is 19.7 Å². The molecule has 3 atom stereocenters. The molecule has 0 aliphatic rings. The van der Waals surface area contributed by atoms with E-state index in [-0.39, 0.29) is 31.5 Å². The van der Waals surface area contributed by atoms with Crippen LogP contribution in [0.25, 0.3) is 0 Å². The Morgan fingerprint density at radius 1 is 0.432 bits per heavy atom. The fourth-order valence-corrected chi connectivity index (χ4v) is 10.8. The van der Waals surface area contributed by atoms with Gasteiger partial charge < -0.3 is 19.4 Å². The van der Waals surface area contributed by atoms with Gasteiger partial charge in [0.25, 0.3) is 0 Å². The quantitative estimate of drug-likeness (QED) is 0.0205. The summed E-state index contributed by atoms with van der Waals surface area (Å²) in [5.74, 6) is -0.505. The molecule has 0 spiro atoms. The minimum absolute atomic E-state index is 0.0388. The molecule has 10 heteroatoms. The van der Waals surface area contributed by atoms with Gasteiger partial charge in [-0.1, -0.05) is 281 Å². The van der Waals surface area contributed by atoms with Gasteiger partial charge in [-0.3, -0.25) is 18.6 Å². The van der Waals surface area contributed by atoms with Gasteiger partial charge in [-0.05, 0) is 96.0 Å². The summed E-state index contributed by atoms with van der Waals surface area (Å²) in [6.07, 6.45) is 78.0. The molecule has 0 bridgehead atoms. The number of allylic oxidation sites excluding steroid dienone is 9. The highest BCUT2D eigenvalue weighted by molar-refractivity contribution is 7.47. The Morgan fingerprint density at radius 3 is 1.16 bits per heavy atom. The number of phosphoric acid groups is 1.